The molecule has 0 saturated carbocycles. The van der Waals surface area contributed by atoms with Crippen LogP contribution in [0.25, 0.3) is 0 Å². The highest BCUT2D eigenvalue weighted by atomic mass is 32.1. The average molecular weight is 477 g/mol. The number of nitrogens with two attached hydrogens (primary N) is 1. The van der Waals surface area contributed by atoms with Gasteiger partial charge in [0.1, 0.15) is 23.0 Å². The minimum Gasteiger partial charge on any atom is -0.496 e. The lowest BCUT2D eigenvalue weighted by atomic mass is 10.2. The molecular weight excluding hydrogens is 453 g/mol. The Kier molecular flexibility index (Phi) is 7.20. The van der Waals surface area contributed by atoms with Crippen LogP contribution in [0.15, 0.2) is 42.6 Å². The standard InChI is InChI=1S/C21H24N3O6PS/c1-12(2)29-16-7-14(20(25)24-21-23-11-13(3)32-21)8-17(9-16)30-15-5-6-19(31(22,26)27)18(10-15)28-4/h5-12H,1-4H3,(H3,22,26,27)(H,23,24,25). The van der Waals surface area contributed by atoms with Gasteiger partial charge in [-0.2, -0.15) is 0 Å². The summed E-state index contributed by atoms with van der Waals surface area (Å²) in [7, 11) is -2.65. The van der Waals surface area contributed by atoms with Gasteiger partial charge in [-0.05, 0) is 45.0 Å². The Hall–Kier alpha value is -2.91. The Morgan fingerprint density at radius 3 is 2.50 bits per heavy atom. The summed E-state index contributed by atoms with van der Waals surface area (Å²) in [6, 6.07) is 9.11. The smallest absolute Gasteiger partial charge is 0.298 e. The van der Waals surface area contributed by atoms with E-state index < -0.39 is 7.52 Å². The monoisotopic (exact) mass is 477 g/mol. The average Bonchev–Trinajstić information content (AvgIpc) is 3.10. The van der Waals surface area contributed by atoms with Crippen molar-refractivity contribution in [1.82, 2.24) is 4.98 Å². The number of nitrogens with zero attached hydrogens (tertiary/aromatic N) is 1. The fourth-order valence-electron chi connectivity index (χ4n) is 2.81. The van der Waals surface area contributed by atoms with Crippen LogP contribution in [0.2, 0.25) is 0 Å². The second-order valence-electron chi connectivity index (χ2n) is 7.15. The number of thiazole rings is 1. The van der Waals surface area contributed by atoms with Crippen molar-refractivity contribution >= 4 is 35.2 Å². The summed E-state index contributed by atoms with van der Waals surface area (Å²) in [6.45, 7) is 5.64. The van der Waals surface area contributed by atoms with Crippen LogP contribution in [0.4, 0.5) is 5.13 Å². The molecule has 0 spiro atoms. The Labute approximate surface area is 189 Å². The zero-order valence-electron chi connectivity index (χ0n) is 18.0. The van der Waals surface area contributed by atoms with Crippen molar-refractivity contribution in [2.24, 2.45) is 5.50 Å². The molecule has 0 aliphatic rings. The maximum absolute atomic E-state index is 12.8. The van der Waals surface area contributed by atoms with Crippen molar-refractivity contribution < 1.29 is 28.5 Å². The largest absolute Gasteiger partial charge is 0.496 e. The Bertz CT molecular complexity index is 1170. The highest BCUT2D eigenvalue weighted by Crippen LogP contribution is 2.36. The number of hydrogen-bond acceptors (Lipinski definition) is 7. The van der Waals surface area contributed by atoms with E-state index in [-0.39, 0.29) is 23.1 Å². The lowest BCUT2D eigenvalue weighted by Crippen LogP contribution is -2.14. The molecular formula is C21H24N3O6PS. The fourth-order valence-corrected chi connectivity index (χ4v) is 4.23. The molecule has 1 unspecified atom stereocenters. The van der Waals surface area contributed by atoms with E-state index in [1.807, 2.05) is 20.8 Å². The van der Waals surface area contributed by atoms with Crippen LogP contribution in [0.3, 0.4) is 0 Å². The quantitative estimate of drug-likeness (QED) is 0.414. The third kappa shape index (κ3) is 6.08. The van der Waals surface area contributed by atoms with Crippen molar-refractivity contribution in [2.75, 3.05) is 12.4 Å². The third-order valence-corrected chi connectivity index (χ3v) is 5.98. The molecule has 0 saturated heterocycles. The Morgan fingerprint density at radius 2 is 1.91 bits per heavy atom. The molecule has 2 aromatic carbocycles. The number of methoxy groups -OCH3 is 1. The van der Waals surface area contributed by atoms with E-state index in [1.165, 1.54) is 36.6 Å². The van der Waals surface area contributed by atoms with Gasteiger partial charge in [0, 0.05) is 28.8 Å². The van der Waals surface area contributed by atoms with Crippen LogP contribution in [-0.4, -0.2) is 29.0 Å². The first kappa shape index (κ1) is 23.7. The van der Waals surface area contributed by atoms with Crippen LogP contribution < -0.4 is 30.3 Å². The first-order chi connectivity index (χ1) is 15.0. The predicted molar refractivity (Wildman–Crippen MR) is 124 cm³/mol. The summed E-state index contributed by atoms with van der Waals surface area (Å²) >= 11 is 1.37. The number of rotatable bonds is 8. The van der Waals surface area contributed by atoms with E-state index in [4.69, 9.17) is 19.7 Å². The van der Waals surface area contributed by atoms with Gasteiger partial charge in [0.2, 0.25) is 0 Å². The van der Waals surface area contributed by atoms with Gasteiger partial charge in [-0.3, -0.25) is 20.2 Å². The van der Waals surface area contributed by atoms with Crippen LogP contribution in [0, 0.1) is 6.92 Å². The van der Waals surface area contributed by atoms with Crippen molar-refractivity contribution in [3.63, 3.8) is 0 Å². The molecule has 0 radical (unpaired) electrons. The third-order valence-electron chi connectivity index (χ3n) is 4.09. The number of anilines is 1. The Morgan fingerprint density at radius 1 is 1.19 bits per heavy atom. The van der Waals surface area contributed by atoms with E-state index in [9.17, 15) is 14.3 Å². The van der Waals surface area contributed by atoms with Gasteiger partial charge < -0.3 is 19.1 Å². The highest BCUT2D eigenvalue weighted by molar-refractivity contribution is 7.63. The van der Waals surface area contributed by atoms with Gasteiger partial charge in [-0.15, -0.1) is 11.3 Å². The summed E-state index contributed by atoms with van der Waals surface area (Å²) in [5, 5.41) is 3.22. The van der Waals surface area contributed by atoms with E-state index in [0.717, 1.165) is 4.88 Å². The number of aromatic nitrogens is 1. The number of carbonyl (C=O) groups excluding carboxylic acids is 1. The zero-order chi connectivity index (χ0) is 23.5. The number of nitrogens with one attached hydrogen (secondary N) is 1. The molecule has 1 atom stereocenters. The summed E-state index contributed by atoms with van der Waals surface area (Å²) < 4.78 is 28.7. The first-order valence-electron chi connectivity index (χ1n) is 9.58. The molecule has 0 aliphatic carbocycles. The maximum Gasteiger partial charge on any atom is 0.298 e. The van der Waals surface area contributed by atoms with Gasteiger partial charge in [0.25, 0.3) is 13.4 Å². The van der Waals surface area contributed by atoms with Gasteiger partial charge in [0.15, 0.2) is 5.13 Å². The molecule has 9 nitrogen and oxygen atoms in total. The minimum absolute atomic E-state index is 0.0250. The fraction of sp³-hybridized carbons (Fsp3) is 0.238. The Balaban J connectivity index is 1.92. The van der Waals surface area contributed by atoms with Crippen LogP contribution in [0.1, 0.15) is 29.1 Å². The normalized spacial score (nSPS) is 12.8. The van der Waals surface area contributed by atoms with Crippen molar-refractivity contribution in [1.29, 1.82) is 0 Å². The van der Waals surface area contributed by atoms with E-state index >= 15 is 0 Å². The van der Waals surface area contributed by atoms with E-state index in [0.29, 0.717) is 27.9 Å². The number of amides is 1. The van der Waals surface area contributed by atoms with Crippen LogP contribution in [0.5, 0.6) is 23.0 Å². The van der Waals surface area contributed by atoms with Gasteiger partial charge in [-0.1, -0.05) is 0 Å². The molecule has 4 N–H and O–H groups in total. The molecule has 1 heterocycles. The topological polar surface area (TPSA) is 133 Å². The molecule has 3 rings (SSSR count). The maximum atomic E-state index is 12.8. The predicted octanol–water partition coefficient (Wildman–Crippen LogP) is 4.06. The SMILES string of the molecule is COc1cc(Oc2cc(OC(C)C)cc(C(=O)Nc3ncc(C)s3)c2)ccc1P(N)(=O)O. The van der Waals surface area contributed by atoms with Crippen molar-refractivity contribution in [3.05, 3.63) is 53.0 Å². The summed E-state index contributed by atoms with van der Waals surface area (Å²) in [6.07, 6.45) is 1.56. The molecule has 3 aromatic rings. The second-order valence-corrected chi connectivity index (χ2v) is 10.1. The molecule has 170 valence electrons. The summed E-state index contributed by atoms with van der Waals surface area (Å²) in [5.41, 5.74) is 5.66. The van der Waals surface area contributed by atoms with Crippen molar-refractivity contribution in [3.8, 4) is 23.0 Å². The van der Waals surface area contributed by atoms with Crippen LogP contribution >= 0.6 is 18.9 Å². The van der Waals surface area contributed by atoms with Gasteiger partial charge in [0.05, 0.1) is 18.5 Å². The summed E-state index contributed by atoms with van der Waals surface area (Å²) in [5.74, 6) is 0.850. The lowest BCUT2D eigenvalue weighted by molar-refractivity contribution is 0.102. The zero-order valence-corrected chi connectivity index (χ0v) is 19.7. The van der Waals surface area contributed by atoms with Crippen LogP contribution in [-0.2, 0) is 4.57 Å². The molecule has 1 aromatic heterocycles. The van der Waals surface area contributed by atoms with Crippen molar-refractivity contribution in [2.45, 2.75) is 26.9 Å². The second kappa shape index (κ2) is 9.70. The number of hydrogen-bond donors (Lipinski definition) is 3. The van der Waals surface area contributed by atoms with E-state index in [1.54, 1.807) is 24.4 Å². The van der Waals surface area contributed by atoms with Gasteiger partial charge in [-0.25, -0.2) is 4.98 Å². The number of ether oxygens (including phenoxy) is 3. The number of carbonyl (C=O) groups is 1. The molecule has 1 amide bonds. The number of benzene rings is 2. The minimum atomic E-state index is -4.01. The first-order valence-corrected chi connectivity index (χ1v) is 12.1. The lowest BCUT2D eigenvalue weighted by Gasteiger charge is -2.15. The molecule has 11 heteroatoms. The summed E-state index contributed by atoms with van der Waals surface area (Å²) in [4.78, 5) is 27.6. The molecule has 0 fully saturated rings. The highest BCUT2D eigenvalue weighted by Gasteiger charge is 2.21. The molecule has 0 aliphatic heterocycles. The van der Waals surface area contributed by atoms with E-state index in [2.05, 4.69) is 10.3 Å². The number of aryl methyl sites for hydroxylation is 1. The molecule has 0 bridgehead atoms. The van der Waals surface area contributed by atoms with Gasteiger partial charge >= 0.3 is 0 Å². The molecule has 32 heavy (non-hydrogen) atoms.